The minimum atomic E-state index is -1.30. The summed E-state index contributed by atoms with van der Waals surface area (Å²) in [6, 6.07) is 3.54. The number of nitrogens with zero attached hydrogens (tertiary/aromatic N) is 1. The molecule has 26 heavy (non-hydrogen) atoms. The summed E-state index contributed by atoms with van der Waals surface area (Å²) in [6.45, 7) is 0. The number of aromatic amines is 1. The first-order chi connectivity index (χ1) is 12.4. The van der Waals surface area contributed by atoms with Crippen LogP contribution in [-0.4, -0.2) is 39.7 Å². The van der Waals surface area contributed by atoms with Crippen LogP contribution in [0.1, 0.15) is 30.7 Å². The van der Waals surface area contributed by atoms with Crippen molar-refractivity contribution in [2.24, 2.45) is 0 Å². The lowest BCUT2D eigenvalue weighted by atomic mass is 10.1. The second kappa shape index (κ2) is 6.48. The fraction of sp³-hybridized carbons (Fsp3) is 0.471. The Morgan fingerprint density at radius 2 is 2.08 bits per heavy atom. The molecule has 9 heteroatoms. The number of aliphatic hydroxyl groups excluding tert-OH is 1. The summed E-state index contributed by atoms with van der Waals surface area (Å²) in [5, 5.41) is 21.3. The molecule has 1 heterocycles. The quantitative estimate of drug-likeness (QED) is 0.549. The number of aliphatic hydroxyl groups is 1. The number of hydrogen-bond donors (Lipinski definition) is 5. The molecule has 1 aromatic carbocycles. The molecule has 1 aromatic heterocycles. The van der Waals surface area contributed by atoms with Gasteiger partial charge in [0.15, 0.2) is 29.3 Å². The number of nitrogens with two attached hydrogens (primary N) is 2. The highest BCUT2D eigenvalue weighted by atomic mass is 19.2. The number of H-pyrrole nitrogens is 1. The number of halogens is 3. The monoisotopic (exact) mass is 368 g/mol. The largest absolute Gasteiger partial charge is 0.390 e. The summed E-state index contributed by atoms with van der Waals surface area (Å²) in [7, 11) is 0. The molecular weight excluding hydrogens is 347 g/mol. The minimum Gasteiger partial charge on any atom is -0.390 e. The van der Waals surface area contributed by atoms with Crippen LogP contribution in [0.15, 0.2) is 18.2 Å². The summed E-state index contributed by atoms with van der Waals surface area (Å²) in [6.07, 6.45) is -0.474. The lowest BCUT2D eigenvalue weighted by Gasteiger charge is -2.11. The van der Waals surface area contributed by atoms with Gasteiger partial charge in [-0.25, -0.2) is 18.3 Å². The fourth-order valence-corrected chi connectivity index (χ4v) is 3.60. The van der Waals surface area contributed by atoms with Crippen LogP contribution >= 0.6 is 0 Å². The molecule has 0 spiro atoms. The molecule has 2 aromatic rings. The van der Waals surface area contributed by atoms with Gasteiger partial charge in [-0.2, -0.15) is 5.10 Å². The first-order valence-corrected chi connectivity index (χ1v) is 8.66. The second-order valence-corrected chi connectivity index (χ2v) is 7.09. The van der Waals surface area contributed by atoms with Crippen LogP contribution in [0.5, 0.6) is 0 Å². The smallest absolute Gasteiger partial charge is 0.246 e. The molecule has 2 saturated carbocycles. The van der Waals surface area contributed by atoms with Crippen LogP contribution < -0.4 is 16.4 Å². The van der Waals surface area contributed by atoms with Gasteiger partial charge in [0.25, 0.3) is 0 Å². The first kappa shape index (κ1) is 17.2. The van der Waals surface area contributed by atoms with E-state index in [0.29, 0.717) is 30.2 Å². The molecule has 5 atom stereocenters. The number of quaternary nitrogens is 1. The van der Waals surface area contributed by atoms with E-state index in [9.17, 15) is 18.3 Å². The number of nitrogens with one attached hydrogen (secondary N) is 2. The third kappa shape index (κ3) is 3.12. The first-order valence-electron chi connectivity index (χ1n) is 8.66. The Labute approximate surface area is 148 Å². The van der Waals surface area contributed by atoms with E-state index in [-0.39, 0.29) is 12.0 Å². The Balaban J connectivity index is 1.39. The number of hydrogen-bond acceptors (Lipinski definition) is 4. The molecule has 140 valence electrons. The van der Waals surface area contributed by atoms with Crippen molar-refractivity contribution in [3.63, 3.8) is 0 Å². The Morgan fingerprint density at radius 1 is 1.27 bits per heavy atom. The number of benzene rings is 1. The van der Waals surface area contributed by atoms with Crippen LogP contribution in [-0.2, 0) is 0 Å². The normalized spacial score (nSPS) is 30.5. The molecular formula is C17H21F3N5O+. The van der Waals surface area contributed by atoms with Gasteiger partial charge in [-0.1, -0.05) is 6.07 Å². The van der Waals surface area contributed by atoms with Crippen LogP contribution in [0.4, 0.5) is 30.5 Å². The lowest BCUT2D eigenvalue weighted by Crippen LogP contribution is -2.86. The van der Waals surface area contributed by atoms with E-state index in [1.165, 1.54) is 6.07 Å². The van der Waals surface area contributed by atoms with Gasteiger partial charge in [-0.3, -0.25) is 5.32 Å². The Bertz CT molecular complexity index is 814. The van der Waals surface area contributed by atoms with Crippen molar-refractivity contribution in [2.45, 2.75) is 49.5 Å². The standard InChI is InChI=1S/C17H20F3N5O/c18-9-2-1-7(5-10(9)19)8-6-12(8)23-17-15(21)16(24-25-17)22-11-3-4-13(26)14(11)20/h1-2,5,8,11-14,26H,3-4,6,21H2,(H3,22,23,24,25)/p+1. The lowest BCUT2D eigenvalue weighted by molar-refractivity contribution is -0.618. The number of aromatic nitrogens is 2. The summed E-state index contributed by atoms with van der Waals surface area (Å²) >= 11 is 0. The van der Waals surface area contributed by atoms with Crippen molar-refractivity contribution in [1.29, 1.82) is 0 Å². The highest BCUT2D eigenvalue weighted by Crippen LogP contribution is 2.43. The molecule has 6 nitrogen and oxygen atoms in total. The van der Waals surface area contributed by atoms with E-state index in [1.54, 1.807) is 11.4 Å². The zero-order chi connectivity index (χ0) is 18.4. The number of nitrogen functional groups attached to an aromatic ring is 1. The highest BCUT2D eigenvalue weighted by molar-refractivity contribution is 5.70. The van der Waals surface area contributed by atoms with Crippen molar-refractivity contribution in [2.75, 3.05) is 11.1 Å². The van der Waals surface area contributed by atoms with Crippen LogP contribution in [0.2, 0.25) is 0 Å². The van der Waals surface area contributed by atoms with Crippen LogP contribution in [0.25, 0.3) is 0 Å². The molecule has 7 N–H and O–H groups in total. The summed E-state index contributed by atoms with van der Waals surface area (Å²) < 4.78 is 40.3. The maximum absolute atomic E-state index is 13.9. The van der Waals surface area contributed by atoms with E-state index in [1.807, 2.05) is 0 Å². The predicted molar refractivity (Wildman–Crippen MR) is 89.6 cm³/mol. The van der Waals surface area contributed by atoms with E-state index in [2.05, 4.69) is 15.5 Å². The molecule has 5 unspecified atom stereocenters. The molecule has 2 fully saturated rings. The summed E-state index contributed by atoms with van der Waals surface area (Å²) in [5.41, 5.74) is 7.19. The van der Waals surface area contributed by atoms with Crippen molar-refractivity contribution >= 4 is 17.3 Å². The van der Waals surface area contributed by atoms with Gasteiger partial charge in [0, 0.05) is 18.4 Å². The van der Waals surface area contributed by atoms with Crippen molar-refractivity contribution in [3.8, 4) is 0 Å². The van der Waals surface area contributed by atoms with Crippen molar-refractivity contribution in [1.82, 2.24) is 10.2 Å². The van der Waals surface area contributed by atoms with E-state index < -0.39 is 30.0 Å². The Hall–Kier alpha value is -2.26. The predicted octanol–water partition coefficient (Wildman–Crippen LogP) is 1.29. The van der Waals surface area contributed by atoms with Gasteiger partial charge >= 0.3 is 0 Å². The third-order valence-corrected chi connectivity index (χ3v) is 5.27. The SMILES string of the molecule is Nc1c(NC2CC2c2ccc(F)c(F)c2)n[nH]c1[NH2+]C1CCC(O)C1F. The molecule has 2 aliphatic rings. The zero-order valence-corrected chi connectivity index (χ0v) is 13.9. The molecule has 2 aliphatic carbocycles. The van der Waals surface area contributed by atoms with Crippen molar-refractivity contribution in [3.05, 3.63) is 35.4 Å². The molecule has 0 aliphatic heterocycles. The summed E-state index contributed by atoms with van der Waals surface area (Å²) in [4.78, 5) is 0. The van der Waals surface area contributed by atoms with Crippen LogP contribution in [0.3, 0.4) is 0 Å². The van der Waals surface area contributed by atoms with Gasteiger partial charge in [0.2, 0.25) is 5.82 Å². The topological polar surface area (TPSA) is 104 Å². The van der Waals surface area contributed by atoms with Gasteiger partial charge in [-0.05, 0) is 30.5 Å². The zero-order valence-electron chi connectivity index (χ0n) is 13.9. The van der Waals surface area contributed by atoms with Gasteiger partial charge < -0.3 is 16.2 Å². The minimum absolute atomic E-state index is 0.0283. The molecule has 0 bridgehead atoms. The van der Waals surface area contributed by atoms with Gasteiger partial charge in [0.1, 0.15) is 6.04 Å². The van der Waals surface area contributed by atoms with E-state index in [4.69, 9.17) is 5.73 Å². The third-order valence-electron chi connectivity index (χ3n) is 5.27. The fourth-order valence-electron chi connectivity index (χ4n) is 3.60. The Kier molecular flexibility index (Phi) is 4.28. The Morgan fingerprint density at radius 3 is 2.77 bits per heavy atom. The average Bonchev–Trinajstić information content (AvgIpc) is 3.22. The molecule has 0 saturated heterocycles. The van der Waals surface area contributed by atoms with Crippen molar-refractivity contribution < 1.29 is 23.6 Å². The maximum atomic E-state index is 13.9. The second-order valence-electron chi connectivity index (χ2n) is 7.09. The molecule has 0 amide bonds. The number of anilines is 2. The van der Waals surface area contributed by atoms with E-state index >= 15 is 0 Å². The van der Waals surface area contributed by atoms with E-state index in [0.717, 1.165) is 18.1 Å². The maximum Gasteiger partial charge on any atom is 0.246 e. The molecule has 0 radical (unpaired) electrons. The van der Waals surface area contributed by atoms with Crippen LogP contribution in [0, 0.1) is 11.6 Å². The van der Waals surface area contributed by atoms with Gasteiger partial charge in [-0.15, -0.1) is 0 Å². The number of alkyl halides is 1. The number of rotatable bonds is 5. The summed E-state index contributed by atoms with van der Waals surface area (Å²) in [5.74, 6) is -0.670. The molecule has 4 rings (SSSR count). The van der Waals surface area contributed by atoms with Gasteiger partial charge in [0.05, 0.1) is 6.10 Å². The highest BCUT2D eigenvalue weighted by Gasteiger charge is 2.41. The average molecular weight is 368 g/mol.